The lowest BCUT2D eigenvalue weighted by Gasteiger charge is -2.05. The molecule has 1 N–H and O–H groups in total. The fourth-order valence-corrected chi connectivity index (χ4v) is 3.08. The number of carbonyl (C=O) groups is 2. The van der Waals surface area contributed by atoms with Gasteiger partial charge in [-0.05, 0) is 36.4 Å². The van der Waals surface area contributed by atoms with E-state index in [-0.39, 0.29) is 11.7 Å². The highest BCUT2D eigenvalue weighted by atomic mass is 35.5. The molecule has 3 rings (SSSR count). The van der Waals surface area contributed by atoms with Crippen LogP contribution in [0.1, 0.15) is 10.4 Å². The number of nitrogens with one attached hydrogen (secondary N) is 1. The Morgan fingerprint density at radius 1 is 1.08 bits per heavy atom. The number of nitrogens with zero attached hydrogens (tertiary/aromatic N) is 3. The second kappa shape index (κ2) is 8.16. The van der Waals surface area contributed by atoms with Crippen molar-refractivity contribution >= 4 is 35.2 Å². The van der Waals surface area contributed by atoms with Crippen LogP contribution in [-0.4, -0.2) is 32.3 Å². The molecule has 2 aromatic carbocycles. The second-order valence-corrected chi connectivity index (χ2v) is 6.78. The number of hydrogen-bond donors (Lipinski definition) is 1. The van der Waals surface area contributed by atoms with Crippen LogP contribution in [-0.2, 0) is 11.8 Å². The van der Waals surface area contributed by atoms with E-state index in [1.807, 2.05) is 19.2 Å². The third-order valence-electron chi connectivity index (χ3n) is 3.56. The molecule has 0 aliphatic rings. The van der Waals surface area contributed by atoms with E-state index >= 15 is 0 Å². The molecule has 8 heteroatoms. The van der Waals surface area contributed by atoms with Crippen LogP contribution < -0.4 is 5.32 Å². The summed E-state index contributed by atoms with van der Waals surface area (Å²) in [5.41, 5.74) is 1.31. The number of hydrogen-bond acceptors (Lipinski definition) is 5. The molecule has 0 unspecified atom stereocenters. The molecule has 0 fully saturated rings. The van der Waals surface area contributed by atoms with Crippen molar-refractivity contribution in [1.29, 1.82) is 0 Å². The summed E-state index contributed by atoms with van der Waals surface area (Å²) in [5.74, 6) is -0.0774. The molecule has 0 saturated carbocycles. The fourth-order valence-electron chi connectivity index (χ4n) is 2.25. The van der Waals surface area contributed by atoms with Crippen LogP contribution in [0.2, 0.25) is 5.02 Å². The smallest absolute Gasteiger partial charge is 0.257 e. The Labute approximate surface area is 159 Å². The molecule has 1 heterocycles. The number of amides is 2. The van der Waals surface area contributed by atoms with Crippen LogP contribution in [0.5, 0.6) is 0 Å². The first-order valence-corrected chi connectivity index (χ1v) is 9.08. The number of thioether (sulfide) groups is 1. The fraction of sp³-hybridized carbons (Fsp3) is 0.111. The van der Waals surface area contributed by atoms with Gasteiger partial charge in [-0.2, -0.15) is 0 Å². The molecule has 0 spiro atoms. The molecular weight excluding hydrogens is 372 g/mol. The SMILES string of the molecule is Cn1c(SCC(=O)NC(=O)c2ccccc2)nnc1-c1ccc(Cl)cc1. The first kappa shape index (κ1) is 18.2. The van der Waals surface area contributed by atoms with Crippen molar-refractivity contribution in [3.05, 3.63) is 65.2 Å². The minimum absolute atomic E-state index is 0.0607. The summed E-state index contributed by atoms with van der Waals surface area (Å²) < 4.78 is 1.79. The van der Waals surface area contributed by atoms with Crippen LogP contribution >= 0.6 is 23.4 Å². The lowest BCUT2D eigenvalue weighted by atomic mass is 10.2. The third-order valence-corrected chi connectivity index (χ3v) is 4.83. The van der Waals surface area contributed by atoms with E-state index < -0.39 is 5.91 Å². The first-order chi connectivity index (χ1) is 12.5. The van der Waals surface area contributed by atoms with Gasteiger partial charge in [-0.3, -0.25) is 14.9 Å². The number of imide groups is 1. The Bertz CT molecular complexity index is 926. The highest BCUT2D eigenvalue weighted by molar-refractivity contribution is 7.99. The monoisotopic (exact) mass is 386 g/mol. The van der Waals surface area contributed by atoms with E-state index in [2.05, 4.69) is 15.5 Å². The van der Waals surface area contributed by atoms with Crippen LogP contribution in [0, 0.1) is 0 Å². The molecule has 0 saturated heterocycles. The normalized spacial score (nSPS) is 10.5. The van der Waals surface area contributed by atoms with Gasteiger partial charge in [0.1, 0.15) is 0 Å². The molecule has 3 aromatic rings. The second-order valence-electron chi connectivity index (χ2n) is 5.40. The van der Waals surface area contributed by atoms with Crippen molar-refractivity contribution in [1.82, 2.24) is 20.1 Å². The quantitative estimate of drug-likeness (QED) is 0.681. The maximum Gasteiger partial charge on any atom is 0.257 e. The van der Waals surface area contributed by atoms with E-state index in [0.717, 1.165) is 5.56 Å². The first-order valence-electron chi connectivity index (χ1n) is 7.72. The summed E-state index contributed by atoms with van der Waals surface area (Å²) >= 11 is 7.11. The highest BCUT2D eigenvalue weighted by Gasteiger charge is 2.14. The Morgan fingerprint density at radius 2 is 1.77 bits per heavy atom. The maximum atomic E-state index is 12.0. The maximum absolute atomic E-state index is 12.0. The van der Waals surface area contributed by atoms with Crippen molar-refractivity contribution in [2.45, 2.75) is 5.16 Å². The number of halogens is 1. The Hall–Kier alpha value is -2.64. The standard InChI is InChI=1S/C18H15ClN4O2S/c1-23-16(12-7-9-14(19)10-8-12)21-22-18(23)26-11-15(24)20-17(25)13-5-3-2-4-6-13/h2-10H,11H2,1H3,(H,20,24,25). The number of aromatic nitrogens is 3. The van der Waals surface area contributed by atoms with E-state index in [0.29, 0.717) is 21.6 Å². The molecule has 1 aromatic heterocycles. The number of carbonyl (C=O) groups excluding carboxylic acids is 2. The molecule has 2 amide bonds. The molecule has 6 nitrogen and oxygen atoms in total. The number of rotatable bonds is 5. The zero-order valence-electron chi connectivity index (χ0n) is 13.8. The molecule has 0 aliphatic heterocycles. The van der Waals surface area contributed by atoms with Gasteiger partial charge in [0.15, 0.2) is 11.0 Å². The minimum Gasteiger partial charge on any atom is -0.305 e. The summed E-state index contributed by atoms with van der Waals surface area (Å²) in [6, 6.07) is 15.9. The average molecular weight is 387 g/mol. The largest absolute Gasteiger partial charge is 0.305 e. The van der Waals surface area contributed by atoms with Gasteiger partial charge in [0.05, 0.1) is 5.75 Å². The van der Waals surface area contributed by atoms with Crippen LogP contribution in [0.4, 0.5) is 0 Å². The van der Waals surface area contributed by atoms with Gasteiger partial charge in [0.2, 0.25) is 5.91 Å². The lowest BCUT2D eigenvalue weighted by Crippen LogP contribution is -2.31. The topological polar surface area (TPSA) is 76.9 Å². The minimum atomic E-state index is -0.420. The van der Waals surface area contributed by atoms with E-state index in [4.69, 9.17) is 11.6 Å². The summed E-state index contributed by atoms with van der Waals surface area (Å²) in [4.78, 5) is 24.0. The average Bonchev–Trinajstić information content (AvgIpc) is 3.02. The van der Waals surface area contributed by atoms with Crippen molar-refractivity contribution in [3.63, 3.8) is 0 Å². The van der Waals surface area contributed by atoms with Gasteiger partial charge in [-0.1, -0.05) is 41.6 Å². The zero-order chi connectivity index (χ0) is 18.5. The predicted octanol–water partition coefficient (Wildman–Crippen LogP) is 3.18. The Balaban J connectivity index is 1.60. The van der Waals surface area contributed by atoms with Crippen LogP contribution in [0.25, 0.3) is 11.4 Å². The third kappa shape index (κ3) is 4.30. The zero-order valence-corrected chi connectivity index (χ0v) is 15.4. The molecule has 132 valence electrons. The van der Waals surface area contributed by atoms with Crippen LogP contribution in [0.15, 0.2) is 59.8 Å². The van der Waals surface area contributed by atoms with Crippen molar-refractivity contribution in [3.8, 4) is 11.4 Å². The highest BCUT2D eigenvalue weighted by Crippen LogP contribution is 2.23. The Kier molecular flexibility index (Phi) is 5.70. The summed E-state index contributed by atoms with van der Waals surface area (Å²) in [6.45, 7) is 0. The van der Waals surface area contributed by atoms with Gasteiger partial charge in [0, 0.05) is 23.2 Å². The van der Waals surface area contributed by atoms with Crippen LogP contribution in [0.3, 0.4) is 0 Å². The molecule has 0 bridgehead atoms. The summed E-state index contributed by atoms with van der Waals surface area (Å²) in [6.07, 6.45) is 0. The van der Waals surface area contributed by atoms with E-state index in [9.17, 15) is 9.59 Å². The van der Waals surface area contributed by atoms with E-state index in [1.165, 1.54) is 11.8 Å². The number of benzene rings is 2. The Morgan fingerprint density at radius 3 is 2.46 bits per heavy atom. The molecule has 0 aliphatic carbocycles. The van der Waals surface area contributed by atoms with Crippen molar-refractivity contribution in [2.24, 2.45) is 7.05 Å². The lowest BCUT2D eigenvalue weighted by molar-refractivity contribution is -0.117. The molecular formula is C18H15ClN4O2S. The van der Waals surface area contributed by atoms with E-state index in [1.54, 1.807) is 47.0 Å². The molecule has 26 heavy (non-hydrogen) atoms. The van der Waals surface area contributed by atoms with Gasteiger partial charge in [-0.25, -0.2) is 0 Å². The van der Waals surface area contributed by atoms with Gasteiger partial charge < -0.3 is 4.57 Å². The predicted molar refractivity (Wildman–Crippen MR) is 101 cm³/mol. The molecule has 0 radical (unpaired) electrons. The van der Waals surface area contributed by atoms with Gasteiger partial charge in [-0.15, -0.1) is 10.2 Å². The van der Waals surface area contributed by atoms with Crippen molar-refractivity contribution in [2.75, 3.05) is 5.75 Å². The van der Waals surface area contributed by atoms with Crippen molar-refractivity contribution < 1.29 is 9.59 Å². The molecule has 0 atom stereocenters. The summed E-state index contributed by atoms with van der Waals surface area (Å²) in [5, 5.41) is 11.8. The summed E-state index contributed by atoms with van der Waals surface area (Å²) in [7, 11) is 1.82. The van der Waals surface area contributed by atoms with Gasteiger partial charge >= 0.3 is 0 Å². The van der Waals surface area contributed by atoms with Gasteiger partial charge in [0.25, 0.3) is 5.91 Å².